The van der Waals surface area contributed by atoms with E-state index in [0.717, 1.165) is 56.8 Å². The van der Waals surface area contributed by atoms with Crippen molar-refractivity contribution in [1.29, 1.82) is 0 Å². The topological polar surface area (TPSA) is 204 Å². The summed E-state index contributed by atoms with van der Waals surface area (Å²) >= 11 is 0. The van der Waals surface area contributed by atoms with Crippen LogP contribution in [0.5, 0.6) is 0 Å². The first kappa shape index (κ1) is 145. The Balaban J connectivity index is 0.000000875. The zero-order valence-corrected chi connectivity index (χ0v) is 111. The van der Waals surface area contributed by atoms with Crippen molar-refractivity contribution in [2.45, 2.75) is 707 Å². The normalized spacial score (nSPS) is 25.8. The zero-order valence-electron chi connectivity index (χ0n) is 111. The van der Waals surface area contributed by atoms with Gasteiger partial charge in [-0.25, -0.2) is 0 Å². The maximum absolute atomic E-state index is 13.0. The van der Waals surface area contributed by atoms with E-state index in [-0.39, 0.29) is 119 Å². The molecular formula is C136H265N7O7. The Kier molecular flexibility index (Phi) is 55.6. The van der Waals surface area contributed by atoms with Gasteiger partial charge in [-0.2, -0.15) is 0 Å². The Morgan fingerprint density at radius 2 is 0.473 bits per heavy atom. The van der Waals surface area contributed by atoms with Crippen LogP contribution in [0.15, 0.2) is 0 Å². The summed E-state index contributed by atoms with van der Waals surface area (Å²) in [6.07, 6.45) is 44.5. The maximum atomic E-state index is 13.0. The Bertz CT molecular complexity index is 3830. The molecule has 7 aliphatic rings. The van der Waals surface area contributed by atoms with Gasteiger partial charge in [0.25, 0.3) is 0 Å². The van der Waals surface area contributed by atoms with Gasteiger partial charge >= 0.3 is 0 Å². The third-order valence-electron chi connectivity index (χ3n) is 34.0. The molecule has 7 aliphatic carbocycles. The van der Waals surface area contributed by atoms with Gasteiger partial charge in [0, 0.05) is 76.7 Å². The summed E-state index contributed by atoms with van der Waals surface area (Å²) in [6, 6.07) is -0.0986. The predicted octanol–water partition coefficient (Wildman–Crippen LogP) is 35.8. The Morgan fingerprint density at radius 1 is 0.233 bits per heavy atom. The van der Waals surface area contributed by atoms with Crippen molar-refractivity contribution in [2.75, 3.05) is 0 Å². The molecule has 150 heavy (non-hydrogen) atoms. The molecule has 0 aromatic carbocycles. The number of Topliss-reactive ketones (excluding diaryl/α,β-unsaturated/α-hetero) is 7. The molecule has 11 atom stereocenters. The zero-order chi connectivity index (χ0) is 118. The fourth-order valence-electron chi connectivity index (χ4n) is 26.5. The van der Waals surface area contributed by atoms with Crippen molar-refractivity contribution in [3.8, 4) is 0 Å². The smallest absolute Gasteiger partial charge is 0.155 e. The molecule has 0 aromatic heterocycles. The second-order valence-electron chi connectivity index (χ2n) is 69.8. The van der Waals surface area contributed by atoms with Crippen LogP contribution in [0.2, 0.25) is 0 Å². The number of nitrogens with one attached hydrogen (secondary N) is 7. The molecule has 14 heteroatoms. The fraction of sp³-hybridized carbons (Fsp3) is 0.949. The van der Waals surface area contributed by atoms with Crippen LogP contribution in [-0.4, -0.2) is 122 Å². The first-order chi connectivity index (χ1) is 66.7. The van der Waals surface area contributed by atoms with Gasteiger partial charge in [-0.15, -0.1) is 0 Å². The highest BCUT2D eigenvalue weighted by molar-refractivity contribution is 5.92. The van der Waals surface area contributed by atoms with Crippen molar-refractivity contribution in [1.82, 2.24) is 37.2 Å². The number of hydrogen-bond acceptors (Lipinski definition) is 14. The number of hydrogen-bond donors (Lipinski definition) is 7. The van der Waals surface area contributed by atoms with Crippen molar-refractivity contribution in [2.24, 2.45) is 123 Å². The number of rotatable bonds is 30. The van der Waals surface area contributed by atoms with Crippen LogP contribution in [0, 0.1) is 123 Å². The lowest BCUT2D eigenvalue weighted by Gasteiger charge is -2.46. The summed E-state index contributed by atoms with van der Waals surface area (Å²) in [5.41, 5.74) is 0.930. The molecule has 11 unspecified atom stereocenters. The second kappa shape index (κ2) is 57.3. The van der Waals surface area contributed by atoms with Crippen LogP contribution in [0.1, 0.15) is 626 Å². The Morgan fingerprint density at radius 3 is 0.733 bits per heavy atom. The van der Waals surface area contributed by atoms with E-state index in [2.05, 4.69) is 286 Å². The van der Waals surface area contributed by atoms with Crippen LogP contribution in [0.4, 0.5) is 0 Å². The molecular weight excluding hydrogens is 1840 g/mol. The highest BCUT2D eigenvalue weighted by Crippen LogP contribution is 2.52. The fourth-order valence-corrected chi connectivity index (χ4v) is 26.5. The Hall–Kier alpha value is -2.59. The standard InChI is InChI=1S/C21H41NO.2C20H39NO.3C19H37NO.C18H35NO/c1-18(2,3)17(23)16(22-19(4,5)6)11-15-12-20(7,8)14-21(9,10)13-15;2*1-9-20(8)12-10-15(11-13-20)14-16(21-19(5,6)7)17(22)18(2,3)4;1-13-9-14(2)11-15(10-13)12-16(20-19(6,7)8)17(21)18(3,4)5;1-17(2,3)16(21)15(20-18(4,5)6)12-14-10-9-11-19(7,8)13-14;1-17(2,3)16(21)15(20-18(4,5)6)13-14-11-9-10-12-19(14,7)8;1-16(2,3)15(20)14(19-17(4,5)6)13-18(7)11-9-8-10-12-18/h15-16,22H,11-14H2,1-10H3;2*15-16,21H,9-14H2,1-8H3;13-16,20H,9-12H2,1-8H3;2*14-15,20H,9-13H2,1-8H3;14,19H,8-13H2,1-7H3. The lowest BCUT2D eigenvalue weighted by atomic mass is 9.60. The molecule has 0 aromatic rings. The minimum absolute atomic E-state index is 0.00372. The highest BCUT2D eigenvalue weighted by Gasteiger charge is 2.48. The molecule has 7 rings (SSSR count). The maximum Gasteiger partial charge on any atom is 0.155 e. The van der Waals surface area contributed by atoms with E-state index in [1.54, 1.807) is 0 Å². The number of carbonyl (C=O) groups excluding carboxylic acids is 7. The van der Waals surface area contributed by atoms with Gasteiger partial charge in [-0.1, -0.05) is 307 Å². The molecule has 0 saturated heterocycles. The van der Waals surface area contributed by atoms with Crippen LogP contribution in [0.25, 0.3) is 0 Å². The number of ketones is 7. The van der Waals surface area contributed by atoms with Crippen LogP contribution >= 0.6 is 0 Å². The average Bonchev–Trinajstić information content (AvgIpc) is 0.791. The van der Waals surface area contributed by atoms with E-state index in [9.17, 15) is 33.6 Å². The quantitative estimate of drug-likeness (QED) is 0.0358. The van der Waals surface area contributed by atoms with Crippen molar-refractivity contribution >= 4 is 40.5 Å². The Labute approximate surface area is 935 Å². The molecule has 0 aliphatic heterocycles. The van der Waals surface area contributed by atoms with Crippen LogP contribution in [-0.2, 0) is 33.6 Å². The van der Waals surface area contributed by atoms with Gasteiger partial charge in [0.15, 0.2) is 40.5 Å². The summed E-state index contributed by atoms with van der Waals surface area (Å²) in [7, 11) is 0. The van der Waals surface area contributed by atoms with Crippen molar-refractivity contribution in [3.63, 3.8) is 0 Å². The first-order valence-corrected chi connectivity index (χ1v) is 61.9. The predicted molar refractivity (Wildman–Crippen MR) is 654 cm³/mol. The van der Waals surface area contributed by atoms with Gasteiger partial charge in [0.1, 0.15) is 0 Å². The van der Waals surface area contributed by atoms with E-state index < -0.39 is 0 Å². The molecule has 7 saturated carbocycles. The first-order valence-electron chi connectivity index (χ1n) is 61.9. The largest absolute Gasteiger partial charge is 0.303 e. The second-order valence-corrected chi connectivity index (χ2v) is 69.8. The summed E-state index contributed by atoms with van der Waals surface area (Å²) in [4.78, 5) is 89.9. The third-order valence-corrected chi connectivity index (χ3v) is 34.0. The third kappa shape index (κ3) is 59.7. The minimum atomic E-state index is -0.289. The summed E-state index contributed by atoms with van der Waals surface area (Å²) in [5, 5.41) is 25.2. The van der Waals surface area contributed by atoms with Crippen LogP contribution < -0.4 is 37.2 Å². The molecule has 0 bridgehead atoms. The summed E-state index contributed by atoms with van der Waals surface area (Å²) in [6.45, 7) is 124. The lowest BCUT2D eigenvalue weighted by molar-refractivity contribution is -0.130. The molecule has 7 fully saturated rings. The molecule has 7 N–H and O–H groups in total. The summed E-state index contributed by atoms with van der Waals surface area (Å²) < 4.78 is 0. The van der Waals surface area contributed by atoms with Crippen molar-refractivity contribution in [3.05, 3.63) is 0 Å². The molecule has 0 spiro atoms. The van der Waals surface area contributed by atoms with Gasteiger partial charge in [0.2, 0.25) is 0 Å². The number of carbonyl (C=O) groups is 7. The lowest BCUT2D eigenvalue weighted by Crippen LogP contribution is -2.52. The molecule has 0 amide bonds. The molecule has 886 valence electrons. The van der Waals surface area contributed by atoms with Gasteiger partial charge in [-0.05, 0) is 404 Å². The van der Waals surface area contributed by atoms with E-state index in [0.29, 0.717) is 114 Å². The van der Waals surface area contributed by atoms with Crippen LogP contribution in [0.3, 0.4) is 0 Å². The monoisotopic (exact) mass is 2110 g/mol. The van der Waals surface area contributed by atoms with Gasteiger partial charge in [-0.3, -0.25) is 33.6 Å². The van der Waals surface area contributed by atoms with E-state index in [1.165, 1.54) is 186 Å². The molecule has 14 nitrogen and oxygen atoms in total. The van der Waals surface area contributed by atoms with Gasteiger partial charge in [0.05, 0.1) is 42.3 Å². The summed E-state index contributed by atoms with van der Waals surface area (Å²) in [5.74, 6) is 8.19. The van der Waals surface area contributed by atoms with Gasteiger partial charge < -0.3 is 37.2 Å². The molecule has 0 heterocycles. The van der Waals surface area contributed by atoms with Crippen molar-refractivity contribution < 1.29 is 33.6 Å². The minimum Gasteiger partial charge on any atom is -0.303 e. The van der Waals surface area contributed by atoms with E-state index >= 15 is 0 Å². The highest BCUT2D eigenvalue weighted by atomic mass is 16.2. The van der Waals surface area contributed by atoms with E-state index in [1.807, 2.05) is 145 Å². The SMILES string of the molecule is CC(C)(C)NC(CC1CCCCC1(C)C)C(=O)C(C)(C)C.CC1(C)CC(CC(NC(C)(C)C)C(=O)C(C)(C)C)CC(C)(C)C1.CC1(C)CCCC(CC(NC(C)(C)C)C(=O)C(C)(C)C)C1.CC1(CC(NC(C)(C)C)C(=O)C(C)(C)C)CCCCC1.CC1CC(C)CC(CC(NC(C)(C)C)C(=O)C(C)(C)C)C1.CCC1(C)CCC(CC(NC(C)(C)C)C(=O)C(C)(C)C)CC1.CCC1(C)CCC(CC(NC(C)(C)C)C(=O)C(C)(C)C)CC1. The van der Waals surface area contributed by atoms with E-state index in [4.69, 9.17) is 0 Å². The molecule has 0 radical (unpaired) electrons. The average molecular weight is 2110 g/mol.